The fraction of sp³-hybridized carbons (Fsp3) is 0.385. The molecule has 1 rings (SSSR count). The molecule has 0 amide bonds. The van der Waals surface area contributed by atoms with Crippen molar-refractivity contribution < 1.29 is 0 Å². The Hall–Kier alpha value is -0.600. The van der Waals surface area contributed by atoms with E-state index in [-0.39, 0.29) is 6.04 Å². The molecule has 0 aliphatic rings. The van der Waals surface area contributed by atoms with Gasteiger partial charge in [-0.1, -0.05) is 35.0 Å². The van der Waals surface area contributed by atoms with Crippen molar-refractivity contribution in [2.45, 2.75) is 26.3 Å². The molecule has 82 valence electrons. The summed E-state index contributed by atoms with van der Waals surface area (Å²) in [5.74, 6) is 0. The molecule has 0 aliphatic carbocycles. The van der Waals surface area contributed by atoms with Crippen LogP contribution in [-0.2, 0) is 0 Å². The van der Waals surface area contributed by atoms with E-state index in [0.717, 1.165) is 17.4 Å². The van der Waals surface area contributed by atoms with Gasteiger partial charge in [-0.15, -0.1) is 6.58 Å². The van der Waals surface area contributed by atoms with Crippen LogP contribution in [0.2, 0.25) is 0 Å². The molecule has 1 N–H and O–H groups in total. The SMILES string of the molecule is C=CC(NCCC)c1cc(C)cc(Br)c1. The number of aryl methyl sites for hydroxylation is 1. The van der Waals surface area contributed by atoms with Gasteiger partial charge in [0, 0.05) is 4.47 Å². The van der Waals surface area contributed by atoms with Gasteiger partial charge in [0.25, 0.3) is 0 Å². The summed E-state index contributed by atoms with van der Waals surface area (Å²) < 4.78 is 1.13. The van der Waals surface area contributed by atoms with Gasteiger partial charge in [-0.25, -0.2) is 0 Å². The van der Waals surface area contributed by atoms with Crippen molar-refractivity contribution >= 4 is 15.9 Å². The third-order valence-corrected chi connectivity index (χ3v) is 2.73. The smallest absolute Gasteiger partial charge is 0.0504 e. The Morgan fingerprint density at radius 3 is 2.73 bits per heavy atom. The van der Waals surface area contributed by atoms with Gasteiger partial charge in [-0.3, -0.25) is 0 Å². The van der Waals surface area contributed by atoms with E-state index in [2.05, 4.69) is 59.9 Å². The second-order valence-corrected chi connectivity index (χ2v) is 4.65. The zero-order chi connectivity index (χ0) is 11.3. The first-order chi connectivity index (χ1) is 7.17. The highest BCUT2D eigenvalue weighted by molar-refractivity contribution is 9.10. The van der Waals surface area contributed by atoms with Gasteiger partial charge in [0.05, 0.1) is 6.04 Å². The highest BCUT2D eigenvalue weighted by Crippen LogP contribution is 2.21. The zero-order valence-corrected chi connectivity index (χ0v) is 11.0. The standard InChI is InChI=1S/C13H18BrN/c1-4-6-15-13(5-2)11-7-10(3)8-12(14)9-11/h5,7-9,13,15H,2,4,6H2,1,3H3. The molecule has 1 aromatic carbocycles. The molecular formula is C13H18BrN. The van der Waals surface area contributed by atoms with E-state index in [1.54, 1.807) is 0 Å². The molecule has 1 unspecified atom stereocenters. The van der Waals surface area contributed by atoms with E-state index in [0.29, 0.717) is 0 Å². The van der Waals surface area contributed by atoms with Gasteiger partial charge in [0.15, 0.2) is 0 Å². The zero-order valence-electron chi connectivity index (χ0n) is 9.39. The summed E-state index contributed by atoms with van der Waals surface area (Å²) in [4.78, 5) is 0. The number of hydrogen-bond donors (Lipinski definition) is 1. The molecule has 0 aliphatic heterocycles. The van der Waals surface area contributed by atoms with Gasteiger partial charge < -0.3 is 5.32 Å². The minimum atomic E-state index is 0.251. The lowest BCUT2D eigenvalue weighted by atomic mass is 10.0. The van der Waals surface area contributed by atoms with E-state index in [4.69, 9.17) is 0 Å². The summed E-state index contributed by atoms with van der Waals surface area (Å²) in [6.45, 7) is 9.16. The Labute approximate surface area is 101 Å². The van der Waals surface area contributed by atoms with Crippen LogP contribution in [0, 0.1) is 6.92 Å². The number of benzene rings is 1. The van der Waals surface area contributed by atoms with Crippen LogP contribution in [-0.4, -0.2) is 6.54 Å². The predicted octanol–water partition coefficient (Wildman–Crippen LogP) is 3.98. The first-order valence-electron chi connectivity index (χ1n) is 5.30. The molecule has 0 saturated carbocycles. The summed E-state index contributed by atoms with van der Waals surface area (Å²) in [6, 6.07) is 6.70. The highest BCUT2D eigenvalue weighted by atomic mass is 79.9. The van der Waals surface area contributed by atoms with E-state index in [9.17, 15) is 0 Å². The average molecular weight is 268 g/mol. The largest absolute Gasteiger partial charge is 0.307 e. The van der Waals surface area contributed by atoms with Crippen LogP contribution >= 0.6 is 15.9 Å². The van der Waals surface area contributed by atoms with E-state index in [1.165, 1.54) is 11.1 Å². The molecule has 0 saturated heterocycles. The average Bonchev–Trinajstić information content (AvgIpc) is 2.17. The van der Waals surface area contributed by atoms with Gasteiger partial charge in [-0.05, 0) is 43.1 Å². The summed E-state index contributed by atoms with van der Waals surface area (Å²) in [5.41, 5.74) is 2.54. The van der Waals surface area contributed by atoms with Gasteiger partial charge in [-0.2, -0.15) is 0 Å². The predicted molar refractivity (Wildman–Crippen MR) is 70.1 cm³/mol. The minimum Gasteiger partial charge on any atom is -0.307 e. The second kappa shape index (κ2) is 6.09. The van der Waals surface area contributed by atoms with Gasteiger partial charge in [0.2, 0.25) is 0 Å². The third-order valence-electron chi connectivity index (χ3n) is 2.27. The van der Waals surface area contributed by atoms with Crippen molar-refractivity contribution in [1.29, 1.82) is 0 Å². The Kier molecular flexibility index (Phi) is 5.06. The molecule has 0 aromatic heterocycles. The fourth-order valence-electron chi connectivity index (χ4n) is 1.58. The number of halogens is 1. The molecule has 0 bridgehead atoms. The maximum Gasteiger partial charge on any atom is 0.0504 e. The Morgan fingerprint density at radius 1 is 1.47 bits per heavy atom. The van der Waals surface area contributed by atoms with Crippen LogP contribution in [0.15, 0.2) is 35.3 Å². The number of nitrogens with one attached hydrogen (secondary N) is 1. The molecule has 0 fully saturated rings. The first kappa shape index (κ1) is 12.5. The quantitative estimate of drug-likeness (QED) is 0.796. The maximum atomic E-state index is 3.87. The lowest BCUT2D eigenvalue weighted by Gasteiger charge is -2.15. The van der Waals surface area contributed by atoms with Crippen molar-refractivity contribution in [2.24, 2.45) is 0 Å². The van der Waals surface area contributed by atoms with Crippen molar-refractivity contribution in [2.75, 3.05) is 6.54 Å². The Bertz CT molecular complexity index is 313. The molecule has 15 heavy (non-hydrogen) atoms. The maximum absolute atomic E-state index is 3.87. The monoisotopic (exact) mass is 267 g/mol. The highest BCUT2D eigenvalue weighted by Gasteiger charge is 2.06. The Balaban J connectivity index is 2.86. The topological polar surface area (TPSA) is 12.0 Å². The summed E-state index contributed by atoms with van der Waals surface area (Å²) in [7, 11) is 0. The van der Waals surface area contributed by atoms with Crippen LogP contribution in [0.5, 0.6) is 0 Å². The third kappa shape index (κ3) is 3.80. The molecule has 1 atom stereocenters. The van der Waals surface area contributed by atoms with Gasteiger partial charge >= 0.3 is 0 Å². The summed E-state index contributed by atoms with van der Waals surface area (Å²) >= 11 is 3.52. The molecular weight excluding hydrogens is 250 g/mol. The lowest BCUT2D eigenvalue weighted by molar-refractivity contribution is 0.613. The van der Waals surface area contributed by atoms with Crippen molar-refractivity contribution in [3.05, 3.63) is 46.5 Å². The molecule has 0 heterocycles. The first-order valence-corrected chi connectivity index (χ1v) is 6.09. The van der Waals surface area contributed by atoms with Crippen LogP contribution in [0.1, 0.15) is 30.5 Å². The Morgan fingerprint density at radius 2 is 2.20 bits per heavy atom. The molecule has 2 heteroatoms. The number of rotatable bonds is 5. The van der Waals surface area contributed by atoms with E-state index >= 15 is 0 Å². The van der Waals surface area contributed by atoms with Crippen LogP contribution in [0.25, 0.3) is 0 Å². The van der Waals surface area contributed by atoms with Crippen molar-refractivity contribution in [3.8, 4) is 0 Å². The molecule has 0 radical (unpaired) electrons. The lowest BCUT2D eigenvalue weighted by Crippen LogP contribution is -2.20. The minimum absolute atomic E-state index is 0.251. The summed E-state index contributed by atoms with van der Waals surface area (Å²) in [5, 5.41) is 3.45. The fourth-order valence-corrected chi connectivity index (χ4v) is 2.21. The second-order valence-electron chi connectivity index (χ2n) is 3.73. The van der Waals surface area contributed by atoms with Crippen LogP contribution < -0.4 is 5.32 Å². The normalized spacial score (nSPS) is 12.5. The van der Waals surface area contributed by atoms with Crippen LogP contribution in [0.3, 0.4) is 0 Å². The number of hydrogen-bond acceptors (Lipinski definition) is 1. The van der Waals surface area contributed by atoms with E-state index < -0.39 is 0 Å². The van der Waals surface area contributed by atoms with Crippen LogP contribution in [0.4, 0.5) is 0 Å². The van der Waals surface area contributed by atoms with Crippen molar-refractivity contribution in [3.63, 3.8) is 0 Å². The summed E-state index contributed by atoms with van der Waals surface area (Å²) in [6.07, 6.45) is 3.09. The van der Waals surface area contributed by atoms with Gasteiger partial charge in [0.1, 0.15) is 0 Å². The van der Waals surface area contributed by atoms with Crippen molar-refractivity contribution in [1.82, 2.24) is 5.32 Å². The van der Waals surface area contributed by atoms with E-state index in [1.807, 2.05) is 6.08 Å². The molecule has 1 aromatic rings. The molecule has 1 nitrogen and oxygen atoms in total. The molecule has 0 spiro atoms.